The van der Waals surface area contributed by atoms with Crippen LogP contribution >= 0.6 is 0 Å². The van der Waals surface area contributed by atoms with Gasteiger partial charge in [-0.1, -0.05) is 182 Å². The van der Waals surface area contributed by atoms with Crippen molar-refractivity contribution in [2.45, 2.75) is 0 Å². The predicted molar refractivity (Wildman–Crippen MR) is 254 cm³/mol. The van der Waals surface area contributed by atoms with Gasteiger partial charge in [0.25, 0.3) is 0 Å². The highest BCUT2D eigenvalue weighted by Crippen LogP contribution is 2.44. The van der Waals surface area contributed by atoms with Crippen molar-refractivity contribution in [3.8, 4) is 56.1 Å². The highest BCUT2D eigenvalue weighted by Gasteiger charge is 2.24. The summed E-state index contributed by atoms with van der Waals surface area (Å²) in [7, 11) is 0. The summed E-state index contributed by atoms with van der Waals surface area (Å²) in [5.74, 6) is 0. The molecule has 0 aliphatic rings. The molecule has 12 rings (SSSR count). The van der Waals surface area contributed by atoms with Gasteiger partial charge in [0.15, 0.2) is 0 Å². The second kappa shape index (κ2) is 13.9. The standard InChI is InChI=1S/C58H38N2/c1-3-15-39(16-4-1)41-27-31-45(32-28-41)59-55(53-35-43-19-7-9-21-47(43)49-23-11-13-25-51(49)53)37-58-57(59)38-56(60(58)46-33-29-42(30-34-46)40-17-5-2-6-18-40)54-36-44-20-8-10-22-48(44)50-24-12-14-26-52(50)54/h1-38H. The van der Waals surface area contributed by atoms with Crippen LogP contribution in [-0.4, -0.2) is 9.13 Å². The molecule has 0 aliphatic heterocycles. The third-order valence-electron chi connectivity index (χ3n) is 12.3. The van der Waals surface area contributed by atoms with Gasteiger partial charge in [-0.2, -0.15) is 0 Å². The highest BCUT2D eigenvalue weighted by atomic mass is 15.1. The van der Waals surface area contributed by atoms with E-state index >= 15 is 0 Å². The first-order valence-electron chi connectivity index (χ1n) is 20.7. The summed E-state index contributed by atoms with van der Waals surface area (Å²) in [5.41, 5.74) is 14.0. The van der Waals surface area contributed by atoms with Crippen LogP contribution in [0.3, 0.4) is 0 Å². The Morgan fingerprint density at radius 3 is 0.950 bits per heavy atom. The molecule has 0 bridgehead atoms. The van der Waals surface area contributed by atoms with E-state index in [-0.39, 0.29) is 0 Å². The molecular formula is C58H38N2. The molecule has 0 radical (unpaired) electrons. The van der Waals surface area contributed by atoms with Gasteiger partial charge in [-0.05, 0) is 114 Å². The van der Waals surface area contributed by atoms with Crippen LogP contribution in [0, 0.1) is 0 Å². The molecule has 2 heteroatoms. The molecule has 0 spiro atoms. The number of rotatable bonds is 6. The van der Waals surface area contributed by atoms with Crippen LogP contribution in [0.5, 0.6) is 0 Å². The predicted octanol–water partition coefficient (Wildman–Crippen LogP) is 15.7. The topological polar surface area (TPSA) is 9.86 Å². The van der Waals surface area contributed by atoms with Gasteiger partial charge in [-0.25, -0.2) is 0 Å². The second-order valence-corrected chi connectivity index (χ2v) is 15.7. The Morgan fingerprint density at radius 1 is 0.233 bits per heavy atom. The van der Waals surface area contributed by atoms with Crippen molar-refractivity contribution >= 4 is 54.1 Å². The average Bonchev–Trinajstić information content (AvgIpc) is 3.88. The lowest BCUT2D eigenvalue weighted by molar-refractivity contribution is 1.14. The molecule has 2 aromatic heterocycles. The fraction of sp³-hybridized carbons (Fsp3) is 0. The van der Waals surface area contributed by atoms with Crippen LogP contribution in [-0.2, 0) is 0 Å². The van der Waals surface area contributed by atoms with E-state index in [4.69, 9.17) is 0 Å². The second-order valence-electron chi connectivity index (χ2n) is 15.7. The number of benzene rings is 10. The van der Waals surface area contributed by atoms with Gasteiger partial charge >= 0.3 is 0 Å². The van der Waals surface area contributed by atoms with E-state index in [1.165, 1.54) is 76.5 Å². The number of hydrogen-bond acceptors (Lipinski definition) is 0. The number of aromatic nitrogens is 2. The molecule has 2 nitrogen and oxygen atoms in total. The number of hydrogen-bond donors (Lipinski definition) is 0. The normalized spacial score (nSPS) is 11.7. The number of nitrogens with zero attached hydrogens (tertiary/aromatic N) is 2. The molecule has 280 valence electrons. The summed E-state index contributed by atoms with van der Waals surface area (Å²) >= 11 is 0. The maximum absolute atomic E-state index is 2.49. The zero-order valence-electron chi connectivity index (χ0n) is 32.8. The molecule has 0 N–H and O–H groups in total. The van der Waals surface area contributed by atoms with E-state index in [1.807, 2.05) is 0 Å². The van der Waals surface area contributed by atoms with Gasteiger partial charge in [0.1, 0.15) is 0 Å². The Hall–Kier alpha value is -7.94. The van der Waals surface area contributed by atoms with E-state index in [0.717, 1.165) is 33.8 Å². The van der Waals surface area contributed by atoms with Gasteiger partial charge in [-0.3, -0.25) is 0 Å². The summed E-state index contributed by atoms with van der Waals surface area (Å²) in [5, 5.41) is 9.96. The fourth-order valence-electron chi connectivity index (χ4n) is 9.51. The molecule has 2 heterocycles. The molecule has 0 atom stereocenters. The highest BCUT2D eigenvalue weighted by molar-refractivity contribution is 6.16. The minimum atomic E-state index is 1.11. The SMILES string of the molecule is c1ccc(-c2ccc(-n3c(-c4cc5ccccc5c5ccccc45)cc4c3cc(-c3cc5ccccc5c5ccccc35)n4-c3ccc(-c4ccccc4)cc3)cc2)cc1. The summed E-state index contributed by atoms with van der Waals surface area (Å²) in [6.07, 6.45) is 0. The maximum Gasteiger partial charge on any atom is 0.0724 e. The Labute approximate surface area is 348 Å². The average molecular weight is 763 g/mol. The van der Waals surface area contributed by atoms with E-state index < -0.39 is 0 Å². The molecule has 0 fully saturated rings. The van der Waals surface area contributed by atoms with E-state index in [9.17, 15) is 0 Å². The van der Waals surface area contributed by atoms with E-state index in [1.54, 1.807) is 0 Å². The van der Waals surface area contributed by atoms with Crippen molar-refractivity contribution in [3.63, 3.8) is 0 Å². The molecule has 10 aromatic carbocycles. The van der Waals surface area contributed by atoms with Gasteiger partial charge in [0.2, 0.25) is 0 Å². The first-order valence-corrected chi connectivity index (χ1v) is 20.7. The lowest BCUT2D eigenvalue weighted by Gasteiger charge is -2.16. The molecule has 0 saturated heterocycles. The summed E-state index contributed by atoms with van der Waals surface area (Å²) in [6, 6.07) is 84.4. The fourth-order valence-corrected chi connectivity index (χ4v) is 9.51. The minimum absolute atomic E-state index is 1.11. The molecule has 0 unspecified atom stereocenters. The van der Waals surface area contributed by atoms with Gasteiger partial charge in [0, 0.05) is 22.5 Å². The molecular weight excluding hydrogens is 725 g/mol. The summed E-state index contributed by atoms with van der Waals surface area (Å²) < 4.78 is 4.98. The molecule has 0 amide bonds. The van der Waals surface area contributed by atoms with Crippen LogP contribution in [0.15, 0.2) is 231 Å². The Morgan fingerprint density at radius 2 is 0.550 bits per heavy atom. The zero-order valence-corrected chi connectivity index (χ0v) is 32.8. The third kappa shape index (κ3) is 5.50. The van der Waals surface area contributed by atoms with Gasteiger partial charge in [0.05, 0.1) is 22.4 Å². The molecule has 60 heavy (non-hydrogen) atoms. The van der Waals surface area contributed by atoms with Gasteiger partial charge < -0.3 is 9.13 Å². The van der Waals surface area contributed by atoms with E-state index in [2.05, 4.69) is 240 Å². The third-order valence-corrected chi connectivity index (χ3v) is 12.3. The minimum Gasteiger partial charge on any atom is -0.308 e. The van der Waals surface area contributed by atoms with Crippen LogP contribution in [0.2, 0.25) is 0 Å². The quantitative estimate of drug-likeness (QED) is 0.149. The Bertz CT molecular complexity index is 3310. The first kappa shape index (κ1) is 34.1. The van der Waals surface area contributed by atoms with Crippen LogP contribution in [0.4, 0.5) is 0 Å². The summed E-state index contributed by atoms with van der Waals surface area (Å²) in [4.78, 5) is 0. The first-order chi connectivity index (χ1) is 29.8. The van der Waals surface area contributed by atoms with Crippen molar-refractivity contribution in [1.82, 2.24) is 9.13 Å². The summed E-state index contributed by atoms with van der Waals surface area (Å²) in [6.45, 7) is 0. The lowest BCUT2D eigenvalue weighted by atomic mass is 9.95. The van der Waals surface area contributed by atoms with Crippen LogP contribution in [0.25, 0.3) is 110 Å². The van der Waals surface area contributed by atoms with Crippen molar-refractivity contribution in [1.29, 1.82) is 0 Å². The molecule has 0 saturated carbocycles. The lowest BCUT2D eigenvalue weighted by Crippen LogP contribution is -1.98. The van der Waals surface area contributed by atoms with Crippen LogP contribution < -0.4 is 0 Å². The largest absolute Gasteiger partial charge is 0.308 e. The van der Waals surface area contributed by atoms with Crippen LogP contribution in [0.1, 0.15) is 0 Å². The Balaban J connectivity index is 1.19. The zero-order chi connectivity index (χ0) is 39.6. The van der Waals surface area contributed by atoms with Crippen molar-refractivity contribution in [2.24, 2.45) is 0 Å². The van der Waals surface area contributed by atoms with Crippen molar-refractivity contribution in [2.75, 3.05) is 0 Å². The molecule has 12 aromatic rings. The Kier molecular flexibility index (Phi) is 7.89. The van der Waals surface area contributed by atoms with Gasteiger partial charge in [-0.15, -0.1) is 0 Å². The monoisotopic (exact) mass is 762 g/mol. The van der Waals surface area contributed by atoms with Crippen molar-refractivity contribution in [3.05, 3.63) is 231 Å². The molecule has 0 aliphatic carbocycles. The van der Waals surface area contributed by atoms with Crippen molar-refractivity contribution < 1.29 is 0 Å². The van der Waals surface area contributed by atoms with E-state index in [0.29, 0.717) is 0 Å². The number of fused-ring (bicyclic) bond motifs is 7. The smallest absolute Gasteiger partial charge is 0.0724 e. The maximum atomic E-state index is 2.49.